The molecule has 2 nitrogen and oxygen atoms in total. The van der Waals surface area contributed by atoms with Gasteiger partial charge in [0.2, 0.25) is 0 Å². The highest BCUT2D eigenvalue weighted by molar-refractivity contribution is 8.03. The summed E-state index contributed by atoms with van der Waals surface area (Å²) in [6, 6.07) is 16.9. The molecule has 1 N–H and O–H groups in total. The Bertz CT molecular complexity index is 588. The fourth-order valence-electron chi connectivity index (χ4n) is 2.02. The van der Waals surface area contributed by atoms with Crippen LogP contribution < -0.4 is 10.2 Å². The number of fused-ring (bicyclic) bond motifs is 1. The molecule has 2 aromatic rings. The van der Waals surface area contributed by atoms with Gasteiger partial charge in [-0.2, -0.15) is 0 Å². The quantitative estimate of drug-likeness (QED) is 0.875. The van der Waals surface area contributed by atoms with Crippen molar-refractivity contribution in [2.75, 3.05) is 24.3 Å². The van der Waals surface area contributed by atoms with E-state index in [1.54, 1.807) is 11.8 Å². The lowest BCUT2D eigenvalue weighted by molar-refractivity contribution is 1.13. The highest BCUT2D eigenvalue weighted by atomic mass is 32.2. The predicted molar refractivity (Wildman–Crippen MR) is 84.7 cm³/mol. The molecule has 96 valence electrons. The minimum Gasteiger partial charge on any atom is -0.378 e. The molecule has 0 unspecified atom stereocenters. The van der Waals surface area contributed by atoms with Crippen LogP contribution in [0.25, 0.3) is 6.08 Å². The summed E-state index contributed by atoms with van der Waals surface area (Å²) in [6.07, 6.45) is 2.18. The molecule has 0 bridgehead atoms. The van der Waals surface area contributed by atoms with Gasteiger partial charge in [-0.15, -0.1) is 0 Å². The summed E-state index contributed by atoms with van der Waals surface area (Å²) in [5.41, 5.74) is 3.63. The van der Waals surface area contributed by atoms with E-state index in [0.717, 1.165) is 0 Å². The molecule has 0 amide bonds. The SMILES string of the molecule is CN(C)c1ccc(C=C2Nc3ccccc3S2)cc1. The van der Waals surface area contributed by atoms with Gasteiger partial charge in [0, 0.05) is 24.7 Å². The van der Waals surface area contributed by atoms with Gasteiger partial charge in [-0.3, -0.25) is 0 Å². The molecule has 0 aliphatic carbocycles. The van der Waals surface area contributed by atoms with E-state index in [9.17, 15) is 0 Å². The van der Waals surface area contributed by atoms with Gasteiger partial charge in [0.05, 0.1) is 10.7 Å². The summed E-state index contributed by atoms with van der Waals surface area (Å²) in [7, 11) is 4.11. The Labute approximate surface area is 118 Å². The number of anilines is 2. The first kappa shape index (κ1) is 12.2. The van der Waals surface area contributed by atoms with Gasteiger partial charge < -0.3 is 10.2 Å². The molecule has 0 spiro atoms. The molecular formula is C16H16N2S. The Hall–Kier alpha value is -1.87. The third kappa shape index (κ3) is 2.61. The highest BCUT2D eigenvalue weighted by Gasteiger charge is 2.14. The van der Waals surface area contributed by atoms with Gasteiger partial charge in [0.1, 0.15) is 0 Å². The molecule has 19 heavy (non-hydrogen) atoms. The predicted octanol–water partition coefficient (Wildman–Crippen LogP) is 4.27. The lowest BCUT2D eigenvalue weighted by atomic mass is 10.2. The molecule has 0 saturated heterocycles. The number of rotatable bonds is 2. The fourth-order valence-corrected chi connectivity index (χ4v) is 2.99. The number of hydrogen-bond acceptors (Lipinski definition) is 3. The van der Waals surface area contributed by atoms with E-state index >= 15 is 0 Å². The van der Waals surface area contributed by atoms with Gasteiger partial charge in [0.25, 0.3) is 0 Å². The Morgan fingerprint density at radius 3 is 2.42 bits per heavy atom. The number of hydrogen-bond donors (Lipinski definition) is 1. The second kappa shape index (κ2) is 5.02. The molecule has 3 heteroatoms. The zero-order chi connectivity index (χ0) is 13.2. The second-order valence-corrected chi connectivity index (χ2v) is 5.80. The first-order chi connectivity index (χ1) is 9.22. The summed E-state index contributed by atoms with van der Waals surface area (Å²) in [4.78, 5) is 3.40. The van der Waals surface area contributed by atoms with Crippen molar-refractivity contribution in [3.63, 3.8) is 0 Å². The maximum absolute atomic E-state index is 3.43. The molecule has 1 aliphatic rings. The molecule has 0 saturated carbocycles. The van der Waals surface area contributed by atoms with E-state index in [2.05, 4.69) is 78.9 Å². The Balaban J connectivity index is 1.81. The third-order valence-corrected chi connectivity index (χ3v) is 4.09. The van der Waals surface area contributed by atoms with E-state index < -0.39 is 0 Å². The largest absolute Gasteiger partial charge is 0.378 e. The van der Waals surface area contributed by atoms with E-state index in [-0.39, 0.29) is 0 Å². The number of thioether (sulfide) groups is 1. The third-order valence-electron chi connectivity index (χ3n) is 3.07. The molecule has 3 rings (SSSR count). The maximum Gasteiger partial charge on any atom is 0.0780 e. The Morgan fingerprint density at radius 2 is 1.74 bits per heavy atom. The molecule has 2 aromatic carbocycles. The van der Waals surface area contributed by atoms with Crippen molar-refractivity contribution in [1.82, 2.24) is 0 Å². The molecule has 1 heterocycles. The normalized spacial score (nSPS) is 15.2. The van der Waals surface area contributed by atoms with Gasteiger partial charge in [-0.25, -0.2) is 0 Å². The summed E-state index contributed by atoms with van der Waals surface area (Å²) in [6.45, 7) is 0. The van der Waals surface area contributed by atoms with Crippen molar-refractivity contribution < 1.29 is 0 Å². The molecule has 1 aliphatic heterocycles. The van der Waals surface area contributed by atoms with Crippen LogP contribution >= 0.6 is 11.8 Å². The van der Waals surface area contributed by atoms with E-state index in [4.69, 9.17) is 0 Å². The minimum absolute atomic E-state index is 1.18. The Kier molecular flexibility index (Phi) is 3.22. The van der Waals surface area contributed by atoms with Gasteiger partial charge in [-0.1, -0.05) is 36.0 Å². The van der Waals surface area contributed by atoms with Crippen LogP contribution in [0.3, 0.4) is 0 Å². The zero-order valence-corrected chi connectivity index (χ0v) is 11.9. The van der Waals surface area contributed by atoms with Crippen LogP contribution in [-0.2, 0) is 0 Å². The summed E-state index contributed by atoms with van der Waals surface area (Å²) < 4.78 is 0. The highest BCUT2D eigenvalue weighted by Crippen LogP contribution is 2.41. The van der Waals surface area contributed by atoms with Crippen molar-refractivity contribution in [1.29, 1.82) is 0 Å². The van der Waals surface area contributed by atoms with E-state index in [1.807, 2.05) is 0 Å². The van der Waals surface area contributed by atoms with Crippen LogP contribution in [0.2, 0.25) is 0 Å². The molecule has 0 aromatic heterocycles. The first-order valence-electron chi connectivity index (χ1n) is 6.25. The van der Waals surface area contributed by atoms with Crippen molar-refractivity contribution >= 4 is 29.2 Å². The summed E-state index contributed by atoms with van der Waals surface area (Å²) in [5.74, 6) is 0. The molecule has 0 radical (unpaired) electrons. The average molecular weight is 268 g/mol. The minimum atomic E-state index is 1.18. The maximum atomic E-state index is 3.43. The Morgan fingerprint density at radius 1 is 1.00 bits per heavy atom. The summed E-state index contributed by atoms with van der Waals surface area (Å²) >= 11 is 1.78. The van der Waals surface area contributed by atoms with Gasteiger partial charge in [-0.05, 0) is 35.9 Å². The zero-order valence-electron chi connectivity index (χ0n) is 11.1. The lowest BCUT2D eigenvalue weighted by Crippen LogP contribution is -2.07. The van der Waals surface area contributed by atoms with Crippen molar-refractivity contribution in [2.45, 2.75) is 4.90 Å². The van der Waals surface area contributed by atoms with Crippen LogP contribution in [0.15, 0.2) is 58.5 Å². The molecule has 0 atom stereocenters. The molecule has 0 fully saturated rings. The second-order valence-electron chi connectivity index (χ2n) is 4.72. The topological polar surface area (TPSA) is 15.3 Å². The molecular weight excluding hydrogens is 252 g/mol. The van der Waals surface area contributed by atoms with E-state index in [1.165, 1.54) is 26.9 Å². The number of para-hydroxylation sites is 1. The van der Waals surface area contributed by atoms with Crippen molar-refractivity contribution in [3.05, 3.63) is 59.1 Å². The van der Waals surface area contributed by atoms with Crippen LogP contribution in [0.4, 0.5) is 11.4 Å². The fraction of sp³-hybridized carbons (Fsp3) is 0.125. The smallest absolute Gasteiger partial charge is 0.0780 e. The number of benzene rings is 2. The first-order valence-corrected chi connectivity index (χ1v) is 7.07. The van der Waals surface area contributed by atoms with Crippen molar-refractivity contribution in [3.8, 4) is 0 Å². The van der Waals surface area contributed by atoms with Gasteiger partial charge >= 0.3 is 0 Å². The van der Waals surface area contributed by atoms with Crippen LogP contribution in [0, 0.1) is 0 Å². The standard InChI is InChI=1S/C16H16N2S/c1-18(2)13-9-7-12(8-10-13)11-16-17-14-5-3-4-6-15(14)19-16/h3-11,17H,1-2H3. The van der Waals surface area contributed by atoms with Crippen LogP contribution in [0.1, 0.15) is 5.56 Å². The van der Waals surface area contributed by atoms with E-state index in [0.29, 0.717) is 0 Å². The summed E-state index contributed by atoms with van der Waals surface area (Å²) in [5, 5.41) is 4.61. The van der Waals surface area contributed by atoms with Crippen LogP contribution in [-0.4, -0.2) is 14.1 Å². The van der Waals surface area contributed by atoms with Crippen molar-refractivity contribution in [2.24, 2.45) is 0 Å². The monoisotopic (exact) mass is 268 g/mol. The number of nitrogens with one attached hydrogen (secondary N) is 1. The lowest BCUT2D eigenvalue weighted by Gasteiger charge is -2.11. The van der Waals surface area contributed by atoms with Crippen LogP contribution in [0.5, 0.6) is 0 Å². The van der Waals surface area contributed by atoms with Gasteiger partial charge in [0.15, 0.2) is 0 Å². The number of nitrogens with zero attached hydrogens (tertiary/aromatic N) is 1. The average Bonchev–Trinajstić information content (AvgIpc) is 2.81.